The molecule has 0 unspecified atom stereocenters. The summed E-state index contributed by atoms with van der Waals surface area (Å²) in [6.45, 7) is 0.405. The topological polar surface area (TPSA) is 67.2 Å². The number of nitro groups is 1. The Bertz CT molecular complexity index is 710. The minimum absolute atomic E-state index is 0.0562. The highest BCUT2D eigenvalue weighted by molar-refractivity contribution is 7.80. The van der Waals surface area contributed by atoms with E-state index >= 15 is 0 Å². The molecule has 8 heteroatoms. The number of thiocarbonyl (C=S) groups is 1. The Morgan fingerprint density at radius 1 is 1.27 bits per heavy atom. The standard InChI is InChI=1S/C14H11ClFN3O2S/c15-12-6-5-11(7-13(12)19(20)21)18-14(22)17-8-9-1-3-10(16)4-2-9/h1-7H,8H2,(H2,17,18,22). The molecule has 0 radical (unpaired) electrons. The lowest BCUT2D eigenvalue weighted by Crippen LogP contribution is -2.27. The van der Waals surface area contributed by atoms with Crippen molar-refractivity contribution in [2.24, 2.45) is 0 Å². The predicted molar refractivity (Wildman–Crippen MR) is 87.6 cm³/mol. The van der Waals surface area contributed by atoms with Gasteiger partial charge in [0.2, 0.25) is 0 Å². The van der Waals surface area contributed by atoms with E-state index in [-0.39, 0.29) is 16.5 Å². The fraction of sp³-hybridized carbons (Fsp3) is 0.0714. The molecule has 0 saturated heterocycles. The Morgan fingerprint density at radius 2 is 1.95 bits per heavy atom. The minimum Gasteiger partial charge on any atom is -0.358 e. The second kappa shape index (κ2) is 7.15. The molecule has 0 amide bonds. The van der Waals surface area contributed by atoms with Gasteiger partial charge in [0.05, 0.1) is 4.92 Å². The molecule has 0 spiro atoms. The number of benzene rings is 2. The van der Waals surface area contributed by atoms with Crippen molar-refractivity contribution in [3.63, 3.8) is 0 Å². The first-order chi connectivity index (χ1) is 10.5. The Morgan fingerprint density at radius 3 is 2.59 bits per heavy atom. The van der Waals surface area contributed by atoms with Crippen molar-refractivity contribution >= 4 is 40.3 Å². The van der Waals surface area contributed by atoms with Crippen LogP contribution >= 0.6 is 23.8 Å². The number of hydrogen-bond donors (Lipinski definition) is 2. The van der Waals surface area contributed by atoms with E-state index in [9.17, 15) is 14.5 Å². The third kappa shape index (κ3) is 4.37. The second-order valence-corrected chi connectivity index (χ2v) is 5.17. The maximum Gasteiger partial charge on any atom is 0.289 e. The van der Waals surface area contributed by atoms with Crippen LogP contribution in [0.5, 0.6) is 0 Å². The molecule has 0 heterocycles. The molecule has 0 bridgehead atoms. The molecule has 2 N–H and O–H groups in total. The van der Waals surface area contributed by atoms with E-state index < -0.39 is 4.92 Å². The highest BCUT2D eigenvalue weighted by Crippen LogP contribution is 2.27. The number of nitrogens with zero attached hydrogens (tertiary/aromatic N) is 1. The largest absolute Gasteiger partial charge is 0.358 e. The molecular formula is C14H11ClFN3O2S. The fourth-order valence-corrected chi connectivity index (χ4v) is 2.07. The fourth-order valence-electron chi connectivity index (χ4n) is 1.69. The van der Waals surface area contributed by atoms with Crippen LogP contribution < -0.4 is 10.6 Å². The molecule has 2 rings (SSSR count). The minimum atomic E-state index is -0.567. The van der Waals surface area contributed by atoms with Crippen molar-refractivity contribution in [2.75, 3.05) is 5.32 Å². The van der Waals surface area contributed by atoms with Gasteiger partial charge in [-0.25, -0.2) is 4.39 Å². The van der Waals surface area contributed by atoms with Gasteiger partial charge in [0.1, 0.15) is 10.8 Å². The van der Waals surface area contributed by atoms with Crippen LogP contribution in [0, 0.1) is 15.9 Å². The molecule has 0 aliphatic carbocycles. The van der Waals surface area contributed by atoms with Crippen LogP contribution in [0.15, 0.2) is 42.5 Å². The van der Waals surface area contributed by atoms with Crippen LogP contribution in [-0.4, -0.2) is 10.0 Å². The van der Waals surface area contributed by atoms with Crippen molar-refractivity contribution in [3.8, 4) is 0 Å². The predicted octanol–water partition coefficient (Wildman–Crippen LogP) is 3.87. The van der Waals surface area contributed by atoms with Gasteiger partial charge in [0, 0.05) is 18.3 Å². The van der Waals surface area contributed by atoms with Gasteiger partial charge in [-0.1, -0.05) is 23.7 Å². The molecule has 0 aliphatic rings. The van der Waals surface area contributed by atoms with E-state index in [0.717, 1.165) is 5.56 Å². The van der Waals surface area contributed by atoms with Gasteiger partial charge in [-0.3, -0.25) is 10.1 Å². The first kappa shape index (κ1) is 16.1. The molecule has 0 aromatic heterocycles. The zero-order valence-corrected chi connectivity index (χ0v) is 12.7. The van der Waals surface area contributed by atoms with Crippen molar-refractivity contribution in [2.45, 2.75) is 6.54 Å². The van der Waals surface area contributed by atoms with Crippen LogP contribution in [0.2, 0.25) is 5.02 Å². The highest BCUT2D eigenvalue weighted by atomic mass is 35.5. The third-order valence-corrected chi connectivity index (χ3v) is 3.33. The third-order valence-electron chi connectivity index (χ3n) is 2.77. The molecule has 2 aromatic carbocycles. The van der Waals surface area contributed by atoms with Crippen LogP contribution in [0.25, 0.3) is 0 Å². The van der Waals surface area contributed by atoms with Crippen molar-refractivity contribution < 1.29 is 9.31 Å². The van der Waals surface area contributed by atoms with Gasteiger partial charge in [-0.2, -0.15) is 0 Å². The van der Waals surface area contributed by atoms with Crippen molar-refractivity contribution in [1.29, 1.82) is 0 Å². The number of nitrogens with one attached hydrogen (secondary N) is 2. The van der Waals surface area contributed by atoms with Crippen LogP contribution in [0.3, 0.4) is 0 Å². The molecule has 0 atom stereocenters. The van der Waals surface area contributed by atoms with Crippen molar-refractivity contribution in [3.05, 3.63) is 69.0 Å². The van der Waals surface area contributed by atoms with Gasteiger partial charge in [-0.15, -0.1) is 0 Å². The van der Waals surface area contributed by atoms with E-state index in [4.69, 9.17) is 23.8 Å². The Hall–Kier alpha value is -2.25. The number of rotatable bonds is 4. The summed E-state index contributed by atoms with van der Waals surface area (Å²) in [4.78, 5) is 10.2. The Balaban J connectivity index is 1.96. The molecule has 114 valence electrons. The van der Waals surface area contributed by atoms with Gasteiger partial charge in [0.25, 0.3) is 5.69 Å². The lowest BCUT2D eigenvalue weighted by molar-refractivity contribution is -0.384. The lowest BCUT2D eigenvalue weighted by Gasteiger charge is -2.10. The molecule has 0 aliphatic heterocycles. The summed E-state index contributed by atoms with van der Waals surface area (Å²) in [6.07, 6.45) is 0. The number of nitro benzene ring substituents is 1. The quantitative estimate of drug-likeness (QED) is 0.503. The number of halogens is 2. The second-order valence-electron chi connectivity index (χ2n) is 4.36. The monoisotopic (exact) mass is 339 g/mol. The van der Waals surface area contributed by atoms with Gasteiger partial charge in [-0.05, 0) is 42.0 Å². The highest BCUT2D eigenvalue weighted by Gasteiger charge is 2.13. The lowest BCUT2D eigenvalue weighted by atomic mass is 10.2. The van der Waals surface area contributed by atoms with Crippen LogP contribution in [-0.2, 0) is 6.54 Å². The Kier molecular flexibility index (Phi) is 5.24. The molecule has 2 aromatic rings. The molecule has 0 fully saturated rings. The maximum atomic E-state index is 12.8. The first-order valence-corrected chi connectivity index (χ1v) is 6.97. The van der Waals surface area contributed by atoms with Crippen LogP contribution in [0.1, 0.15) is 5.56 Å². The zero-order valence-electron chi connectivity index (χ0n) is 11.2. The summed E-state index contributed by atoms with van der Waals surface area (Å²) in [7, 11) is 0. The number of anilines is 1. The van der Waals surface area contributed by atoms with Crippen molar-refractivity contribution in [1.82, 2.24) is 5.32 Å². The summed E-state index contributed by atoms with van der Waals surface area (Å²) >= 11 is 10.8. The van der Waals surface area contributed by atoms with Gasteiger partial charge >= 0.3 is 0 Å². The van der Waals surface area contributed by atoms with Gasteiger partial charge < -0.3 is 10.6 Å². The smallest absolute Gasteiger partial charge is 0.289 e. The normalized spacial score (nSPS) is 10.1. The number of hydrogen-bond acceptors (Lipinski definition) is 3. The molecular weight excluding hydrogens is 329 g/mol. The van der Waals surface area contributed by atoms with Crippen LogP contribution in [0.4, 0.5) is 15.8 Å². The molecule has 5 nitrogen and oxygen atoms in total. The van der Waals surface area contributed by atoms with E-state index in [1.54, 1.807) is 18.2 Å². The van der Waals surface area contributed by atoms with Gasteiger partial charge in [0.15, 0.2) is 5.11 Å². The zero-order chi connectivity index (χ0) is 16.1. The van der Waals surface area contributed by atoms with E-state index in [1.165, 1.54) is 24.3 Å². The summed E-state index contributed by atoms with van der Waals surface area (Å²) in [6, 6.07) is 10.3. The summed E-state index contributed by atoms with van der Waals surface area (Å²) in [5.74, 6) is -0.307. The average Bonchev–Trinajstić information content (AvgIpc) is 2.48. The molecule has 22 heavy (non-hydrogen) atoms. The summed E-state index contributed by atoms with van der Waals surface area (Å²) in [5, 5.41) is 16.9. The Labute approximate surface area is 136 Å². The summed E-state index contributed by atoms with van der Waals surface area (Å²) in [5.41, 5.74) is 1.10. The van der Waals surface area contributed by atoms with E-state index in [2.05, 4.69) is 10.6 Å². The first-order valence-electron chi connectivity index (χ1n) is 6.19. The average molecular weight is 340 g/mol. The van der Waals surface area contributed by atoms with E-state index in [1.807, 2.05) is 0 Å². The molecule has 0 saturated carbocycles. The van der Waals surface area contributed by atoms with E-state index in [0.29, 0.717) is 17.3 Å². The maximum absolute atomic E-state index is 12.8. The SMILES string of the molecule is O=[N+]([O-])c1cc(NC(=S)NCc2ccc(F)cc2)ccc1Cl. The summed E-state index contributed by atoms with van der Waals surface area (Å²) < 4.78 is 12.8.